The van der Waals surface area contributed by atoms with Crippen LogP contribution in [0.15, 0.2) is 34.9 Å². The molecule has 1 N–H and O–H groups in total. The van der Waals surface area contributed by atoms with E-state index in [-0.39, 0.29) is 23.9 Å². The molecule has 0 radical (unpaired) electrons. The zero-order valence-electron chi connectivity index (χ0n) is 13.2. The predicted octanol–water partition coefficient (Wildman–Crippen LogP) is 3.34. The minimum absolute atomic E-state index is 0.00220. The van der Waals surface area contributed by atoms with Crippen molar-refractivity contribution >= 4 is 5.91 Å². The third kappa shape index (κ3) is 3.33. The summed E-state index contributed by atoms with van der Waals surface area (Å²) in [6.07, 6.45) is 3.48. The minimum Gasteiger partial charge on any atom is -0.373 e. The fourth-order valence-electron chi connectivity index (χ4n) is 3.05. The van der Waals surface area contributed by atoms with E-state index in [1.165, 1.54) is 12.1 Å². The van der Waals surface area contributed by atoms with E-state index in [9.17, 15) is 9.18 Å². The highest BCUT2D eigenvalue weighted by atomic mass is 19.1. The van der Waals surface area contributed by atoms with Crippen molar-refractivity contribution in [3.8, 4) is 0 Å². The molecule has 2 atom stereocenters. The van der Waals surface area contributed by atoms with Gasteiger partial charge in [0.1, 0.15) is 11.6 Å². The van der Waals surface area contributed by atoms with Crippen molar-refractivity contribution in [2.24, 2.45) is 0 Å². The molecule has 5 nitrogen and oxygen atoms in total. The molecule has 2 heterocycles. The third-order valence-electron chi connectivity index (χ3n) is 4.60. The van der Waals surface area contributed by atoms with E-state index >= 15 is 0 Å². The van der Waals surface area contributed by atoms with Crippen LogP contribution in [0.5, 0.6) is 0 Å². The monoisotopic (exact) mass is 330 g/mol. The number of rotatable bonds is 4. The quantitative estimate of drug-likeness (QED) is 0.934. The van der Waals surface area contributed by atoms with Gasteiger partial charge in [-0.05, 0) is 43.4 Å². The molecule has 1 aromatic carbocycles. The van der Waals surface area contributed by atoms with Crippen molar-refractivity contribution in [1.29, 1.82) is 0 Å². The van der Waals surface area contributed by atoms with Crippen LogP contribution in [0.4, 0.5) is 4.39 Å². The Labute approximate surface area is 139 Å². The summed E-state index contributed by atoms with van der Waals surface area (Å²) >= 11 is 0. The summed E-state index contributed by atoms with van der Waals surface area (Å²) < 4.78 is 24.0. The van der Waals surface area contributed by atoms with E-state index in [1.54, 1.807) is 18.2 Å². The van der Waals surface area contributed by atoms with E-state index in [1.807, 2.05) is 0 Å². The van der Waals surface area contributed by atoms with Crippen molar-refractivity contribution in [2.45, 2.75) is 43.7 Å². The van der Waals surface area contributed by atoms with Gasteiger partial charge in [0.25, 0.3) is 5.91 Å². The summed E-state index contributed by atoms with van der Waals surface area (Å²) in [5.41, 5.74) is 1.26. The number of amides is 1. The molecule has 1 aromatic heterocycles. The first-order chi connectivity index (χ1) is 11.7. The first kappa shape index (κ1) is 15.3. The molecule has 1 aliphatic heterocycles. The Morgan fingerprint density at radius 3 is 2.75 bits per heavy atom. The average Bonchev–Trinajstić information content (AvgIpc) is 3.32. The molecule has 2 aliphatic rings. The molecule has 126 valence electrons. The van der Waals surface area contributed by atoms with Crippen LogP contribution in [-0.4, -0.2) is 23.7 Å². The second-order valence-electron chi connectivity index (χ2n) is 6.49. The lowest BCUT2D eigenvalue weighted by molar-refractivity contribution is 0.000818. The first-order valence-corrected chi connectivity index (χ1v) is 8.33. The van der Waals surface area contributed by atoms with E-state index in [0.717, 1.165) is 30.6 Å². The molecular weight excluding hydrogens is 311 g/mol. The Morgan fingerprint density at radius 2 is 2.00 bits per heavy atom. The normalized spacial score (nSPS) is 23.9. The summed E-state index contributed by atoms with van der Waals surface area (Å²) in [5, 5.41) is 6.87. The van der Waals surface area contributed by atoms with Crippen LogP contribution >= 0.6 is 0 Å². The maximum Gasteiger partial charge on any atom is 0.273 e. The summed E-state index contributed by atoms with van der Waals surface area (Å²) in [6.45, 7) is 0.555. The molecule has 0 spiro atoms. The third-order valence-corrected chi connectivity index (χ3v) is 4.60. The van der Waals surface area contributed by atoms with E-state index in [2.05, 4.69) is 10.5 Å². The molecule has 2 fully saturated rings. The largest absolute Gasteiger partial charge is 0.373 e. The smallest absolute Gasteiger partial charge is 0.273 e. The topological polar surface area (TPSA) is 64.4 Å². The van der Waals surface area contributed by atoms with Crippen LogP contribution < -0.4 is 5.32 Å². The number of nitrogens with one attached hydrogen (secondary N) is 1. The van der Waals surface area contributed by atoms with Crippen LogP contribution in [0.2, 0.25) is 0 Å². The molecule has 1 aliphatic carbocycles. The summed E-state index contributed by atoms with van der Waals surface area (Å²) in [7, 11) is 0. The average molecular weight is 330 g/mol. The lowest BCUT2D eigenvalue weighted by Crippen LogP contribution is -2.40. The number of carbonyl (C=O) groups excluding carboxylic acids is 1. The highest BCUT2D eigenvalue weighted by Gasteiger charge is 2.30. The molecule has 1 saturated carbocycles. The van der Waals surface area contributed by atoms with Gasteiger partial charge in [-0.3, -0.25) is 4.79 Å². The standard InChI is InChI=1S/C18H19FN2O3/c19-13-5-3-11(4-6-13)16-9-14(7-8-23-16)20-18(22)15-10-17(24-21-15)12-1-2-12/h3-6,10,12,14,16H,1-2,7-9H2,(H,20,22). The van der Waals surface area contributed by atoms with Gasteiger partial charge in [-0.15, -0.1) is 0 Å². The number of halogens is 1. The van der Waals surface area contributed by atoms with Gasteiger partial charge in [-0.1, -0.05) is 17.3 Å². The number of hydrogen-bond acceptors (Lipinski definition) is 4. The number of benzene rings is 1. The zero-order valence-corrected chi connectivity index (χ0v) is 13.2. The molecule has 24 heavy (non-hydrogen) atoms. The van der Waals surface area contributed by atoms with Crippen molar-refractivity contribution in [2.75, 3.05) is 6.61 Å². The highest BCUT2D eigenvalue weighted by molar-refractivity contribution is 5.92. The summed E-state index contributed by atoms with van der Waals surface area (Å²) in [5.74, 6) is 0.758. The molecule has 4 rings (SSSR count). The maximum absolute atomic E-state index is 13.0. The Bertz CT molecular complexity index is 724. The molecule has 1 amide bonds. The van der Waals surface area contributed by atoms with Crippen LogP contribution in [-0.2, 0) is 4.74 Å². The van der Waals surface area contributed by atoms with Crippen molar-refractivity contribution < 1.29 is 18.4 Å². The summed E-state index contributed by atoms with van der Waals surface area (Å²) in [6, 6.07) is 8.05. The van der Waals surface area contributed by atoms with Crippen molar-refractivity contribution in [3.63, 3.8) is 0 Å². The molecular formula is C18H19FN2O3. The van der Waals surface area contributed by atoms with Gasteiger partial charge in [0.2, 0.25) is 0 Å². The maximum atomic E-state index is 13.0. The van der Waals surface area contributed by atoms with Crippen molar-refractivity contribution in [1.82, 2.24) is 10.5 Å². The molecule has 0 bridgehead atoms. The second kappa shape index (κ2) is 6.36. The van der Waals surface area contributed by atoms with Crippen LogP contribution in [0.1, 0.15) is 59.5 Å². The lowest BCUT2D eigenvalue weighted by Gasteiger charge is -2.30. The van der Waals surface area contributed by atoms with Crippen LogP contribution in [0.25, 0.3) is 0 Å². The minimum atomic E-state index is -0.267. The first-order valence-electron chi connectivity index (χ1n) is 8.33. The van der Waals surface area contributed by atoms with Gasteiger partial charge < -0.3 is 14.6 Å². The number of ether oxygens (including phenoxy) is 1. The van der Waals surface area contributed by atoms with Gasteiger partial charge in [0.15, 0.2) is 5.69 Å². The lowest BCUT2D eigenvalue weighted by atomic mass is 9.97. The predicted molar refractivity (Wildman–Crippen MR) is 84.1 cm³/mol. The SMILES string of the molecule is O=C(NC1CCOC(c2ccc(F)cc2)C1)c1cc(C2CC2)on1. The molecule has 2 unspecified atom stereocenters. The van der Waals surface area contributed by atoms with Crippen molar-refractivity contribution in [3.05, 3.63) is 53.2 Å². The molecule has 2 aromatic rings. The Morgan fingerprint density at radius 1 is 1.21 bits per heavy atom. The summed E-state index contributed by atoms with van der Waals surface area (Å²) in [4.78, 5) is 12.3. The molecule has 6 heteroatoms. The van der Waals surface area contributed by atoms with E-state index in [0.29, 0.717) is 24.6 Å². The number of aromatic nitrogens is 1. The Kier molecular flexibility index (Phi) is 4.06. The van der Waals surface area contributed by atoms with Gasteiger partial charge in [-0.2, -0.15) is 0 Å². The van der Waals surface area contributed by atoms with Gasteiger partial charge in [-0.25, -0.2) is 4.39 Å². The van der Waals surface area contributed by atoms with Crippen LogP contribution in [0, 0.1) is 5.82 Å². The Balaban J connectivity index is 1.38. The van der Waals surface area contributed by atoms with E-state index in [4.69, 9.17) is 9.26 Å². The Hall–Kier alpha value is -2.21. The fourth-order valence-corrected chi connectivity index (χ4v) is 3.05. The zero-order chi connectivity index (χ0) is 16.5. The fraction of sp³-hybridized carbons (Fsp3) is 0.444. The van der Waals surface area contributed by atoms with E-state index < -0.39 is 0 Å². The second-order valence-corrected chi connectivity index (χ2v) is 6.49. The number of nitrogens with zero attached hydrogens (tertiary/aromatic N) is 1. The van der Waals surface area contributed by atoms with Gasteiger partial charge in [0, 0.05) is 24.6 Å². The van der Waals surface area contributed by atoms with Gasteiger partial charge in [0.05, 0.1) is 6.10 Å². The molecule has 1 saturated heterocycles. The highest BCUT2D eigenvalue weighted by Crippen LogP contribution is 2.40. The number of carbonyl (C=O) groups is 1. The van der Waals surface area contributed by atoms with Crippen LogP contribution in [0.3, 0.4) is 0 Å². The van der Waals surface area contributed by atoms with Gasteiger partial charge >= 0.3 is 0 Å². The number of hydrogen-bond donors (Lipinski definition) is 1.